The fraction of sp³-hybridized carbons (Fsp3) is 0.188. The second kappa shape index (κ2) is 46.2. The first kappa shape index (κ1) is 94.7. The number of nitrogen functional groups attached to an aromatic ring is 2. The highest BCUT2D eigenvalue weighted by molar-refractivity contribution is 6.68. The second-order valence-corrected chi connectivity index (χ2v) is 30.2. The number of amides is 4. The van der Waals surface area contributed by atoms with Gasteiger partial charge in [-0.25, -0.2) is 0 Å². The number of ketones is 4. The standard InChI is InChI=1S/C24H20N2O3.C22H16N2O4.C22H18N2O2.C15H13NO.C7H4ClNO3.2C4H8O.C2H3ClO.CH4/c1-15(27)25-20-10-6-5-9-19(20)24(29)26-21-13-11-17(16-7-3-2-4-8-16)18-12-14-22(28)23(18)21;25-20-13-11-16-15(14-6-2-1-3-7-14)10-12-18(21(16)20)23-22(26)17-8-4-5-9-19(17)24(27)28;23-18-9-5-4-8-17(18)22(26)24-19-12-10-15(14-6-2-1-3-7-14)16-11-13-20(25)21(16)19;16-13-8-6-11(10-4-2-1-3-5-10)12-7-9-14(17)15(12)13;8-7(10)5-3-1-2-4-6(5)9(11)12;2*1-2-4-5-3-1;1-2(3)4;/h2-11,13H,12,14H2,1H3,(H,25,27)(H,26,29);1-10,12H,11,13H2,(H,23,26);1-10,12H,11,13,23H2,(H,24,26);1-6,8H,7,9,16H2;1-4H;2*1-4H2;1H3;1H4. The maximum absolute atomic E-state index is 12.9. The number of hydrogen-bond donors (Lipinski definition) is 6. The maximum Gasteiger partial charge on any atom is 0.282 e. The molecule has 4 amide bonds. The molecule has 4 aliphatic carbocycles. The summed E-state index contributed by atoms with van der Waals surface area (Å²) in [5.41, 5.74) is 29.6. The molecule has 0 radical (unpaired) electrons. The third kappa shape index (κ3) is 24.9. The summed E-state index contributed by atoms with van der Waals surface area (Å²) in [5, 5.41) is 31.4. The molecule has 8 N–H and O–H groups in total. The molecule has 26 heteroatoms. The third-order valence-corrected chi connectivity index (χ3v) is 21.1. The van der Waals surface area contributed by atoms with Gasteiger partial charge in [0.2, 0.25) is 11.1 Å². The highest BCUT2D eigenvalue weighted by atomic mass is 35.5. The van der Waals surface area contributed by atoms with Gasteiger partial charge in [0.15, 0.2) is 23.1 Å². The Hall–Kier alpha value is -14.6. The number of anilines is 6. The summed E-state index contributed by atoms with van der Waals surface area (Å²) in [6.07, 6.45) is 9.74. The number of hydrogen-bond acceptors (Lipinski definition) is 18. The molecule has 0 unspecified atom stereocenters. The van der Waals surface area contributed by atoms with E-state index in [4.69, 9.17) is 32.5 Å². The molecule has 0 atom stereocenters. The maximum atomic E-state index is 12.9. The van der Waals surface area contributed by atoms with Gasteiger partial charge >= 0.3 is 0 Å². The number of nitrogens with zero attached hydrogens (tertiary/aromatic N) is 2. The zero-order chi connectivity index (χ0) is 89.8. The Morgan fingerprint density at radius 1 is 0.323 bits per heavy atom. The number of ether oxygens (including phenoxy) is 2. The highest BCUT2D eigenvalue weighted by Gasteiger charge is 2.32. The number of Topliss-reactive ketones (excluding diaryl/α,β-unsaturated/α-hetero) is 4. The van der Waals surface area contributed by atoms with Gasteiger partial charge in [-0.15, -0.1) is 0 Å². The van der Waals surface area contributed by atoms with Crippen LogP contribution < -0.4 is 32.7 Å². The fourth-order valence-electron chi connectivity index (χ4n) is 15.1. The number of fused-ring (bicyclic) bond motifs is 4. The van der Waals surface area contributed by atoms with Gasteiger partial charge in [-0.1, -0.05) is 202 Å². The average Bonchev–Trinajstić information content (AvgIpc) is 1.65. The van der Waals surface area contributed by atoms with E-state index >= 15 is 0 Å². The summed E-state index contributed by atoms with van der Waals surface area (Å²) < 4.78 is 9.89. The Balaban J connectivity index is 0.000000162. The summed E-state index contributed by atoms with van der Waals surface area (Å²) in [5.74, 6) is -1.31. The monoisotopic (exact) mass is 1740 g/mol. The van der Waals surface area contributed by atoms with E-state index in [0.29, 0.717) is 107 Å². The van der Waals surface area contributed by atoms with Gasteiger partial charge in [0.05, 0.1) is 43.7 Å². The van der Waals surface area contributed by atoms with Crippen molar-refractivity contribution < 1.29 is 67.3 Å². The number of nitrogens with two attached hydrogens (primary N) is 2. The average molecular weight is 1750 g/mol. The minimum atomic E-state index is -0.817. The number of benzene rings is 12. The first-order chi connectivity index (χ1) is 60.9. The van der Waals surface area contributed by atoms with Gasteiger partial charge in [0, 0.05) is 112 Å². The predicted molar refractivity (Wildman–Crippen MR) is 498 cm³/mol. The summed E-state index contributed by atoms with van der Waals surface area (Å²) in [4.78, 5) is 139. The lowest BCUT2D eigenvalue weighted by molar-refractivity contribution is -0.385. The van der Waals surface area contributed by atoms with Crippen molar-refractivity contribution in [2.45, 2.75) is 98.3 Å². The second-order valence-electron chi connectivity index (χ2n) is 29.4. The molecule has 0 spiro atoms. The van der Waals surface area contributed by atoms with E-state index in [-0.39, 0.29) is 76.0 Å². The number of para-hydroxylation sites is 4. The SMILES string of the molecule is C.C1CCOC1.C1CCOC1.CC(=O)Cl.CC(=O)Nc1ccccc1C(=O)Nc1ccc(-c2ccccc2)c2c1C(=O)CC2.Nc1ccc(-c2ccccc2)c2c1C(=O)CC2.Nc1ccccc1C(=O)Nc1ccc(-c2ccccc2)c2c1C(=O)CC2.O=C(Cl)c1ccccc1[N+](=O)[O-].O=C(Nc1ccc(-c2ccccc2)c2c1C(=O)CC2)c1ccccc1[N+](=O)[O-]. The number of nitro groups is 2. The van der Waals surface area contributed by atoms with Crippen LogP contribution in [0, 0.1) is 20.2 Å². The smallest absolute Gasteiger partial charge is 0.282 e. The van der Waals surface area contributed by atoms with Crippen molar-refractivity contribution in [3.05, 3.63) is 354 Å². The van der Waals surface area contributed by atoms with Crippen LogP contribution in [0.15, 0.2) is 267 Å². The van der Waals surface area contributed by atoms with Crippen molar-refractivity contribution in [1.29, 1.82) is 0 Å². The lowest BCUT2D eigenvalue weighted by Crippen LogP contribution is -2.18. The first-order valence-corrected chi connectivity index (χ1v) is 41.5. The van der Waals surface area contributed by atoms with Crippen LogP contribution in [0.1, 0.15) is 178 Å². The van der Waals surface area contributed by atoms with Crippen LogP contribution in [0.2, 0.25) is 0 Å². The molecule has 0 aromatic heterocycles. The Morgan fingerprint density at radius 3 is 0.937 bits per heavy atom. The van der Waals surface area contributed by atoms with Gasteiger partial charge in [-0.3, -0.25) is 68.2 Å². The topological polar surface area (TPSA) is 376 Å². The molecule has 2 aliphatic heterocycles. The lowest BCUT2D eigenvalue weighted by atomic mass is 9.95. The van der Waals surface area contributed by atoms with Crippen LogP contribution in [0.4, 0.5) is 45.5 Å². The molecular formula is C101H94Cl2N8O16. The number of carbonyl (C=O) groups is 10. The van der Waals surface area contributed by atoms with Crippen LogP contribution in [0.25, 0.3) is 44.5 Å². The molecule has 12 aromatic rings. The summed E-state index contributed by atoms with van der Waals surface area (Å²) in [6, 6.07) is 79.7. The van der Waals surface area contributed by atoms with E-state index in [1.807, 2.05) is 140 Å². The molecule has 0 saturated carbocycles. The van der Waals surface area contributed by atoms with E-state index < -0.39 is 21.0 Å². The van der Waals surface area contributed by atoms with E-state index in [9.17, 15) is 68.2 Å². The normalized spacial score (nSPS) is 13.0. The Labute approximate surface area is 744 Å². The zero-order valence-corrected chi connectivity index (χ0v) is 70.6. The quantitative estimate of drug-likeness (QED) is 0.0255. The van der Waals surface area contributed by atoms with Crippen molar-refractivity contribution in [1.82, 2.24) is 0 Å². The Bertz CT molecular complexity index is 6000. The van der Waals surface area contributed by atoms with Crippen LogP contribution in [-0.2, 0) is 44.7 Å². The zero-order valence-electron chi connectivity index (χ0n) is 69.1. The number of halogens is 2. The Morgan fingerprint density at radius 2 is 0.606 bits per heavy atom. The number of nitro benzene ring substituents is 2. The van der Waals surface area contributed by atoms with Crippen molar-refractivity contribution in [2.75, 3.05) is 59.2 Å². The molecule has 2 heterocycles. The van der Waals surface area contributed by atoms with Crippen LogP contribution in [0.3, 0.4) is 0 Å². The van der Waals surface area contributed by atoms with Crippen molar-refractivity contribution in [3.8, 4) is 44.5 Å². The fourth-order valence-corrected chi connectivity index (χ4v) is 15.3. The van der Waals surface area contributed by atoms with Crippen molar-refractivity contribution in [3.63, 3.8) is 0 Å². The molecule has 0 bridgehead atoms. The first-order valence-electron chi connectivity index (χ1n) is 40.8. The van der Waals surface area contributed by atoms with Gasteiger partial charge in [0.1, 0.15) is 11.1 Å². The number of rotatable bonds is 14. The molecule has 6 aliphatic rings. The highest BCUT2D eigenvalue weighted by Crippen LogP contribution is 2.42. The van der Waals surface area contributed by atoms with Gasteiger partial charge < -0.3 is 42.2 Å². The van der Waals surface area contributed by atoms with Gasteiger partial charge in [-0.2, -0.15) is 0 Å². The van der Waals surface area contributed by atoms with E-state index in [1.54, 1.807) is 72.8 Å². The molecule has 2 saturated heterocycles. The van der Waals surface area contributed by atoms with E-state index in [0.717, 1.165) is 105 Å². The largest absolute Gasteiger partial charge is 0.398 e. The van der Waals surface area contributed by atoms with E-state index in [2.05, 4.69) is 45.0 Å². The van der Waals surface area contributed by atoms with Crippen LogP contribution in [0.5, 0.6) is 0 Å². The molecule has 18 rings (SSSR count). The summed E-state index contributed by atoms with van der Waals surface area (Å²) in [6.45, 7) is 6.68. The van der Waals surface area contributed by atoms with Crippen molar-refractivity contribution in [2.24, 2.45) is 0 Å². The number of nitrogens with one attached hydrogen (secondary N) is 4. The molecule has 127 heavy (non-hydrogen) atoms. The molecule has 2 fully saturated rings. The number of carbonyl (C=O) groups excluding carboxylic acids is 10. The van der Waals surface area contributed by atoms with E-state index in [1.165, 1.54) is 82.0 Å². The van der Waals surface area contributed by atoms with Crippen LogP contribution >= 0.6 is 23.2 Å². The third-order valence-electron chi connectivity index (χ3n) is 20.9. The molecule has 648 valence electrons. The van der Waals surface area contributed by atoms with Crippen molar-refractivity contribution >= 4 is 126 Å². The molecular weight excluding hydrogens is 1650 g/mol. The van der Waals surface area contributed by atoms with Gasteiger partial charge in [-0.05, 0) is 202 Å². The van der Waals surface area contributed by atoms with Gasteiger partial charge in [0.25, 0.3) is 34.3 Å². The minimum Gasteiger partial charge on any atom is -0.398 e. The Kier molecular flexibility index (Phi) is 34.5. The van der Waals surface area contributed by atoms with Crippen LogP contribution in [-0.4, -0.2) is 93.5 Å². The predicted octanol–water partition coefficient (Wildman–Crippen LogP) is 21.7. The minimum absolute atomic E-state index is 0. The molecule has 24 nitrogen and oxygen atoms in total. The summed E-state index contributed by atoms with van der Waals surface area (Å²) >= 11 is 9.74. The lowest BCUT2D eigenvalue weighted by Gasteiger charge is -2.15. The molecule has 12 aromatic carbocycles. The summed E-state index contributed by atoms with van der Waals surface area (Å²) in [7, 11) is 0.